The highest BCUT2D eigenvalue weighted by atomic mass is 16.5. The molecule has 0 aromatic carbocycles. The van der Waals surface area contributed by atoms with Crippen molar-refractivity contribution in [3.05, 3.63) is 12.7 Å². The first-order valence-electron chi connectivity index (χ1n) is 5.05. The quantitative estimate of drug-likeness (QED) is 0.514. The summed E-state index contributed by atoms with van der Waals surface area (Å²) in [5.41, 5.74) is 0. The van der Waals surface area contributed by atoms with Crippen molar-refractivity contribution in [2.45, 2.75) is 32.4 Å². The second-order valence-corrected chi connectivity index (χ2v) is 3.41. The maximum Gasteiger partial charge on any atom is 0.302 e. The highest BCUT2D eigenvalue weighted by Gasteiger charge is 2.22. The lowest BCUT2D eigenvalue weighted by molar-refractivity contribution is -0.143. The van der Waals surface area contributed by atoms with Crippen molar-refractivity contribution in [3.63, 3.8) is 0 Å². The molecule has 5 nitrogen and oxygen atoms in total. The number of nitrogens with one attached hydrogen (secondary N) is 1. The van der Waals surface area contributed by atoms with Gasteiger partial charge in [0.25, 0.3) is 0 Å². The van der Waals surface area contributed by atoms with Crippen LogP contribution >= 0.6 is 0 Å². The first-order chi connectivity index (χ1) is 7.51. The molecule has 0 radical (unpaired) electrons. The lowest BCUT2D eigenvalue weighted by Gasteiger charge is -2.25. The Bertz CT molecular complexity index is 252. The molecule has 0 bridgehead atoms. The molecule has 0 aliphatic carbocycles. The van der Waals surface area contributed by atoms with E-state index < -0.39 is 0 Å². The van der Waals surface area contributed by atoms with Crippen LogP contribution in [0.25, 0.3) is 0 Å². The summed E-state index contributed by atoms with van der Waals surface area (Å²) in [5.74, 6) is -0.577. The number of rotatable bonds is 7. The van der Waals surface area contributed by atoms with Gasteiger partial charge in [0, 0.05) is 21.0 Å². The summed E-state index contributed by atoms with van der Waals surface area (Å²) in [5, 5.41) is 2.68. The lowest BCUT2D eigenvalue weighted by atomic mass is 10.1. The molecule has 1 N–H and O–H groups in total. The smallest absolute Gasteiger partial charge is 0.302 e. The van der Waals surface area contributed by atoms with Crippen LogP contribution in [-0.2, 0) is 19.1 Å². The second-order valence-electron chi connectivity index (χ2n) is 3.41. The van der Waals surface area contributed by atoms with Gasteiger partial charge < -0.3 is 14.8 Å². The summed E-state index contributed by atoms with van der Waals surface area (Å²) in [6.45, 7) is 6.43. The average Bonchev–Trinajstić information content (AvgIpc) is 2.20. The van der Waals surface area contributed by atoms with E-state index in [9.17, 15) is 9.59 Å². The van der Waals surface area contributed by atoms with Crippen LogP contribution in [0.2, 0.25) is 0 Å². The van der Waals surface area contributed by atoms with Gasteiger partial charge in [-0.05, 0) is 6.42 Å². The molecule has 0 aliphatic rings. The number of methoxy groups -OCH3 is 1. The van der Waals surface area contributed by atoms with E-state index >= 15 is 0 Å². The molecule has 0 unspecified atom stereocenters. The summed E-state index contributed by atoms with van der Waals surface area (Å²) in [4.78, 5) is 21.7. The number of carbonyl (C=O) groups is 2. The van der Waals surface area contributed by atoms with E-state index in [1.807, 2.05) is 0 Å². The zero-order valence-corrected chi connectivity index (χ0v) is 9.99. The number of ether oxygens (including phenoxy) is 2. The first-order valence-corrected chi connectivity index (χ1v) is 5.05. The van der Waals surface area contributed by atoms with Crippen LogP contribution in [0.1, 0.15) is 20.3 Å². The molecule has 0 heterocycles. The van der Waals surface area contributed by atoms with Crippen LogP contribution < -0.4 is 5.32 Å². The third-order valence-corrected chi connectivity index (χ3v) is 2.01. The van der Waals surface area contributed by atoms with E-state index in [0.29, 0.717) is 6.42 Å². The Morgan fingerprint density at radius 1 is 1.44 bits per heavy atom. The van der Waals surface area contributed by atoms with Gasteiger partial charge >= 0.3 is 5.97 Å². The normalized spacial score (nSPS) is 13.7. The minimum atomic E-state index is -0.385. The lowest BCUT2D eigenvalue weighted by Crippen LogP contribution is -2.46. The number of esters is 1. The number of hydrogen-bond acceptors (Lipinski definition) is 4. The number of hydrogen-bond donors (Lipinski definition) is 1. The van der Waals surface area contributed by atoms with Crippen molar-refractivity contribution in [1.82, 2.24) is 5.32 Å². The summed E-state index contributed by atoms with van der Waals surface area (Å²) in [7, 11) is 1.54. The molecule has 1 amide bonds. The SMILES string of the molecule is C=CC[C@@H](OC)[C@H](COC(C)=O)NC(C)=O. The van der Waals surface area contributed by atoms with E-state index in [0.717, 1.165) is 0 Å². The summed E-state index contributed by atoms with van der Waals surface area (Å²) >= 11 is 0. The molecule has 0 saturated carbocycles. The highest BCUT2D eigenvalue weighted by molar-refractivity contribution is 5.73. The first kappa shape index (κ1) is 14.6. The minimum Gasteiger partial charge on any atom is -0.464 e. The molecular formula is C11H19NO4. The van der Waals surface area contributed by atoms with Crippen LogP contribution in [0.15, 0.2) is 12.7 Å². The minimum absolute atomic E-state index is 0.0985. The Morgan fingerprint density at radius 2 is 2.06 bits per heavy atom. The molecule has 2 atom stereocenters. The molecule has 92 valence electrons. The van der Waals surface area contributed by atoms with Gasteiger partial charge in [-0.1, -0.05) is 6.08 Å². The predicted molar refractivity (Wildman–Crippen MR) is 59.8 cm³/mol. The number of amides is 1. The molecule has 0 aliphatic heterocycles. The maximum atomic E-state index is 11.0. The standard InChI is InChI=1S/C11H19NO4/c1-5-6-11(15-4)10(12-8(2)13)7-16-9(3)14/h5,10-11H,1,6-7H2,2-4H3,(H,12,13)/t10-,11+/m0/s1. The second kappa shape index (κ2) is 7.87. The van der Waals surface area contributed by atoms with Crippen molar-refractivity contribution >= 4 is 11.9 Å². The molecule has 0 saturated heterocycles. The largest absolute Gasteiger partial charge is 0.464 e. The molecule has 5 heteroatoms. The molecular weight excluding hydrogens is 210 g/mol. The molecule has 0 aromatic heterocycles. The Morgan fingerprint density at radius 3 is 2.44 bits per heavy atom. The average molecular weight is 229 g/mol. The molecule has 0 fully saturated rings. The predicted octanol–water partition coefficient (Wildman–Crippen LogP) is 0.645. The van der Waals surface area contributed by atoms with Crippen molar-refractivity contribution in [3.8, 4) is 0 Å². The fourth-order valence-electron chi connectivity index (χ4n) is 1.30. The molecule has 0 rings (SSSR count). The molecule has 16 heavy (non-hydrogen) atoms. The van der Waals surface area contributed by atoms with Gasteiger partial charge in [-0.15, -0.1) is 6.58 Å². The van der Waals surface area contributed by atoms with Crippen LogP contribution in [0.3, 0.4) is 0 Å². The summed E-state index contributed by atoms with van der Waals surface area (Å²) < 4.78 is 10.1. The maximum absolute atomic E-state index is 11.0. The van der Waals surface area contributed by atoms with Crippen LogP contribution in [0.4, 0.5) is 0 Å². The van der Waals surface area contributed by atoms with Gasteiger partial charge in [0.15, 0.2) is 0 Å². The Hall–Kier alpha value is -1.36. The van der Waals surface area contributed by atoms with Crippen LogP contribution in [-0.4, -0.2) is 37.7 Å². The monoisotopic (exact) mass is 229 g/mol. The zero-order valence-electron chi connectivity index (χ0n) is 9.99. The highest BCUT2D eigenvalue weighted by Crippen LogP contribution is 2.05. The van der Waals surface area contributed by atoms with Crippen molar-refractivity contribution < 1.29 is 19.1 Å². The summed E-state index contributed by atoms with van der Waals surface area (Å²) in [6.07, 6.45) is 2.01. The fraction of sp³-hybridized carbons (Fsp3) is 0.636. The third kappa shape index (κ3) is 6.19. The van der Waals surface area contributed by atoms with E-state index in [-0.39, 0.29) is 30.6 Å². The van der Waals surface area contributed by atoms with Crippen molar-refractivity contribution in [1.29, 1.82) is 0 Å². The Balaban J connectivity index is 4.41. The fourth-order valence-corrected chi connectivity index (χ4v) is 1.30. The van der Waals surface area contributed by atoms with Crippen molar-refractivity contribution in [2.75, 3.05) is 13.7 Å². The Labute approximate surface area is 95.8 Å². The summed E-state index contributed by atoms with van der Waals surface area (Å²) in [6, 6.07) is -0.357. The van der Waals surface area contributed by atoms with Crippen LogP contribution in [0.5, 0.6) is 0 Å². The van der Waals surface area contributed by atoms with Crippen LogP contribution in [0, 0.1) is 0 Å². The van der Waals surface area contributed by atoms with E-state index in [1.165, 1.54) is 21.0 Å². The van der Waals surface area contributed by atoms with Gasteiger partial charge in [-0.3, -0.25) is 9.59 Å². The van der Waals surface area contributed by atoms with Gasteiger partial charge in [0.05, 0.1) is 12.1 Å². The topological polar surface area (TPSA) is 64.6 Å². The van der Waals surface area contributed by atoms with E-state index in [2.05, 4.69) is 11.9 Å². The van der Waals surface area contributed by atoms with Gasteiger partial charge in [0.1, 0.15) is 6.61 Å². The van der Waals surface area contributed by atoms with Crippen molar-refractivity contribution in [2.24, 2.45) is 0 Å². The van der Waals surface area contributed by atoms with Gasteiger partial charge in [0.2, 0.25) is 5.91 Å². The third-order valence-electron chi connectivity index (χ3n) is 2.01. The zero-order chi connectivity index (χ0) is 12.6. The molecule has 0 aromatic rings. The number of carbonyl (C=O) groups excluding carboxylic acids is 2. The Kier molecular flexibility index (Phi) is 7.20. The van der Waals surface area contributed by atoms with Gasteiger partial charge in [-0.25, -0.2) is 0 Å². The van der Waals surface area contributed by atoms with Gasteiger partial charge in [-0.2, -0.15) is 0 Å². The van der Waals surface area contributed by atoms with E-state index in [4.69, 9.17) is 9.47 Å². The molecule has 0 spiro atoms. The van der Waals surface area contributed by atoms with E-state index in [1.54, 1.807) is 6.08 Å².